The van der Waals surface area contributed by atoms with Crippen molar-refractivity contribution in [3.8, 4) is 0 Å². The summed E-state index contributed by atoms with van der Waals surface area (Å²) in [6, 6.07) is 40.3. The number of ether oxygens (including phenoxy) is 2. The van der Waals surface area contributed by atoms with E-state index in [-0.39, 0.29) is 0 Å². The Morgan fingerprint density at radius 1 is 0.450 bits per heavy atom. The molecular formula is C36H28O4. The Balaban J connectivity index is 1.67. The Morgan fingerprint density at radius 2 is 0.800 bits per heavy atom. The highest BCUT2D eigenvalue weighted by molar-refractivity contribution is 5.90. The van der Waals surface area contributed by atoms with Gasteiger partial charge < -0.3 is 9.47 Å². The van der Waals surface area contributed by atoms with E-state index in [1.54, 1.807) is 0 Å². The van der Waals surface area contributed by atoms with Crippen LogP contribution in [0, 0.1) is 0 Å². The summed E-state index contributed by atoms with van der Waals surface area (Å²) in [6.45, 7) is 2.85. The lowest BCUT2D eigenvalue weighted by molar-refractivity contribution is -0.146. The smallest absolute Gasteiger partial charge is 0.303 e. The van der Waals surface area contributed by atoms with E-state index in [1.165, 1.54) is 13.8 Å². The molecule has 0 fully saturated rings. The van der Waals surface area contributed by atoms with Crippen LogP contribution in [-0.4, -0.2) is 11.9 Å². The Hall–Kier alpha value is -4.96. The summed E-state index contributed by atoms with van der Waals surface area (Å²) >= 11 is 0. The maximum absolute atomic E-state index is 12.6. The lowest BCUT2D eigenvalue weighted by Crippen LogP contribution is -2.17. The largest absolute Gasteiger partial charge is 0.453 e. The Bertz CT molecular complexity index is 1740. The SMILES string of the molecule is CC(=O)OC(c1cc2ccccc2cc1C(OC(C)=O)c1cccc2ccccc12)c1cccc2ccccc12. The molecule has 2 unspecified atom stereocenters. The van der Waals surface area contributed by atoms with Crippen molar-refractivity contribution >= 4 is 44.3 Å². The molecule has 0 amide bonds. The van der Waals surface area contributed by atoms with Crippen LogP contribution < -0.4 is 0 Å². The summed E-state index contributed by atoms with van der Waals surface area (Å²) in [4.78, 5) is 25.2. The first-order chi connectivity index (χ1) is 19.5. The molecule has 6 aromatic rings. The zero-order chi connectivity index (χ0) is 27.6. The highest BCUT2D eigenvalue weighted by Gasteiger charge is 2.29. The highest BCUT2D eigenvalue weighted by Crippen LogP contribution is 2.41. The molecule has 6 rings (SSSR count). The lowest BCUT2D eigenvalue weighted by Gasteiger charge is -2.27. The van der Waals surface area contributed by atoms with E-state index in [0.717, 1.165) is 54.6 Å². The van der Waals surface area contributed by atoms with Gasteiger partial charge in [-0.25, -0.2) is 0 Å². The fraction of sp³-hybridized carbons (Fsp3) is 0.111. The maximum atomic E-state index is 12.6. The number of esters is 2. The molecule has 4 nitrogen and oxygen atoms in total. The van der Waals surface area contributed by atoms with Crippen molar-refractivity contribution in [1.29, 1.82) is 0 Å². The van der Waals surface area contributed by atoms with Crippen LogP contribution in [0.1, 0.15) is 48.3 Å². The van der Waals surface area contributed by atoms with Gasteiger partial charge in [-0.3, -0.25) is 9.59 Å². The van der Waals surface area contributed by atoms with Crippen molar-refractivity contribution in [1.82, 2.24) is 0 Å². The van der Waals surface area contributed by atoms with Gasteiger partial charge in [0.15, 0.2) is 12.2 Å². The van der Waals surface area contributed by atoms with Crippen molar-refractivity contribution in [2.45, 2.75) is 26.1 Å². The van der Waals surface area contributed by atoms with Crippen LogP contribution >= 0.6 is 0 Å². The number of rotatable bonds is 6. The van der Waals surface area contributed by atoms with Gasteiger partial charge in [0.2, 0.25) is 0 Å². The summed E-state index contributed by atoms with van der Waals surface area (Å²) in [5.41, 5.74) is 3.27. The molecule has 0 saturated heterocycles. The molecule has 0 radical (unpaired) electrons. The lowest BCUT2D eigenvalue weighted by atomic mass is 9.86. The van der Waals surface area contributed by atoms with E-state index in [9.17, 15) is 9.59 Å². The minimum Gasteiger partial charge on any atom is -0.453 e. The number of hydrogen-bond acceptors (Lipinski definition) is 4. The molecule has 0 aliphatic rings. The van der Waals surface area contributed by atoms with Gasteiger partial charge in [-0.2, -0.15) is 0 Å². The minimum atomic E-state index is -0.726. The van der Waals surface area contributed by atoms with Crippen molar-refractivity contribution in [2.24, 2.45) is 0 Å². The molecule has 0 spiro atoms. The number of carbonyl (C=O) groups excluding carboxylic acids is 2. The summed E-state index contributed by atoms with van der Waals surface area (Å²) in [5.74, 6) is -0.794. The van der Waals surface area contributed by atoms with Crippen molar-refractivity contribution in [3.63, 3.8) is 0 Å². The topological polar surface area (TPSA) is 52.6 Å². The second-order valence-corrected chi connectivity index (χ2v) is 9.94. The molecule has 196 valence electrons. The highest BCUT2D eigenvalue weighted by atomic mass is 16.5. The normalized spacial score (nSPS) is 12.8. The van der Waals surface area contributed by atoms with Crippen molar-refractivity contribution < 1.29 is 19.1 Å². The molecule has 4 heteroatoms. The molecule has 0 heterocycles. The molecule has 0 N–H and O–H groups in total. The second kappa shape index (κ2) is 10.7. The quantitative estimate of drug-likeness (QED) is 0.205. The summed E-state index contributed by atoms with van der Waals surface area (Å²) in [5, 5.41) is 6.07. The summed E-state index contributed by atoms with van der Waals surface area (Å²) in [7, 11) is 0. The van der Waals surface area contributed by atoms with Gasteiger partial charge in [0.25, 0.3) is 0 Å². The van der Waals surface area contributed by atoms with Gasteiger partial charge in [0.1, 0.15) is 0 Å². The Labute approximate surface area is 232 Å². The van der Waals surface area contributed by atoms with Crippen LogP contribution in [0.4, 0.5) is 0 Å². The average Bonchev–Trinajstić information content (AvgIpc) is 2.97. The van der Waals surface area contributed by atoms with E-state index in [2.05, 4.69) is 12.1 Å². The average molecular weight is 525 g/mol. The zero-order valence-electron chi connectivity index (χ0n) is 22.3. The fourth-order valence-electron chi connectivity index (χ4n) is 5.61. The molecule has 6 aromatic carbocycles. The van der Waals surface area contributed by atoms with E-state index >= 15 is 0 Å². The van der Waals surface area contributed by atoms with E-state index in [0.29, 0.717) is 0 Å². The van der Waals surface area contributed by atoms with Gasteiger partial charge in [-0.15, -0.1) is 0 Å². The van der Waals surface area contributed by atoms with Crippen molar-refractivity contribution in [2.75, 3.05) is 0 Å². The Morgan fingerprint density at radius 3 is 1.20 bits per heavy atom. The van der Waals surface area contributed by atoms with Crippen LogP contribution in [0.15, 0.2) is 121 Å². The third-order valence-electron chi connectivity index (χ3n) is 7.30. The minimum absolute atomic E-state index is 0.397. The zero-order valence-corrected chi connectivity index (χ0v) is 22.3. The molecule has 0 saturated carbocycles. The second-order valence-electron chi connectivity index (χ2n) is 9.94. The van der Waals surface area contributed by atoms with E-state index in [4.69, 9.17) is 9.47 Å². The predicted molar refractivity (Wildman–Crippen MR) is 159 cm³/mol. The van der Waals surface area contributed by atoms with Crippen molar-refractivity contribution in [3.05, 3.63) is 144 Å². The molecule has 0 aromatic heterocycles. The maximum Gasteiger partial charge on any atom is 0.303 e. The molecule has 0 bridgehead atoms. The van der Waals surface area contributed by atoms with Gasteiger partial charge >= 0.3 is 11.9 Å². The first kappa shape index (κ1) is 25.3. The Kier molecular flexibility index (Phi) is 6.75. The number of carbonyl (C=O) groups is 2. The van der Waals surface area contributed by atoms with E-state index in [1.807, 2.05) is 109 Å². The predicted octanol–water partition coefficient (Wildman–Crippen LogP) is 8.45. The molecular weight excluding hydrogens is 496 g/mol. The molecule has 40 heavy (non-hydrogen) atoms. The van der Waals surface area contributed by atoms with Gasteiger partial charge in [-0.1, -0.05) is 109 Å². The summed E-state index contributed by atoms with van der Waals surface area (Å²) < 4.78 is 12.2. The third-order valence-corrected chi connectivity index (χ3v) is 7.30. The molecule has 0 aliphatic heterocycles. The van der Waals surface area contributed by atoms with Crippen LogP contribution in [0.25, 0.3) is 32.3 Å². The van der Waals surface area contributed by atoms with Gasteiger partial charge in [0.05, 0.1) is 0 Å². The fourth-order valence-corrected chi connectivity index (χ4v) is 5.61. The van der Waals surface area contributed by atoms with Gasteiger partial charge in [-0.05, 0) is 44.5 Å². The monoisotopic (exact) mass is 524 g/mol. The van der Waals surface area contributed by atoms with Crippen LogP contribution in [-0.2, 0) is 19.1 Å². The van der Waals surface area contributed by atoms with Crippen LogP contribution in [0.2, 0.25) is 0 Å². The van der Waals surface area contributed by atoms with E-state index < -0.39 is 24.1 Å². The van der Waals surface area contributed by atoms with Gasteiger partial charge in [0, 0.05) is 36.1 Å². The number of hydrogen-bond donors (Lipinski definition) is 0. The molecule has 2 atom stereocenters. The molecule has 0 aliphatic carbocycles. The third kappa shape index (κ3) is 4.80. The first-order valence-electron chi connectivity index (χ1n) is 13.3. The first-order valence-corrected chi connectivity index (χ1v) is 13.3. The number of fused-ring (bicyclic) bond motifs is 3. The van der Waals surface area contributed by atoms with Crippen LogP contribution in [0.3, 0.4) is 0 Å². The summed E-state index contributed by atoms with van der Waals surface area (Å²) in [6.07, 6.45) is -1.45. The van der Waals surface area contributed by atoms with Crippen LogP contribution in [0.5, 0.6) is 0 Å². The number of benzene rings is 6. The standard InChI is InChI=1S/C36H28O4/c1-23(37)39-35(31-19-9-15-25-11-5-7-17-29(25)31)33-21-27-13-3-4-14-28(27)22-34(33)36(40-24(2)38)32-20-10-16-26-12-6-8-18-30(26)32/h3-22,35-36H,1-2H3.